The van der Waals surface area contributed by atoms with Crippen LogP contribution in [0.5, 0.6) is 0 Å². The average Bonchev–Trinajstić information content (AvgIpc) is 2.64. The zero-order valence-electron chi connectivity index (χ0n) is 15.8. The molecule has 0 aliphatic rings. The van der Waals surface area contributed by atoms with E-state index in [0.29, 0.717) is 40.1 Å². The van der Waals surface area contributed by atoms with Gasteiger partial charge in [-0.25, -0.2) is 4.79 Å². The molecule has 2 rings (SSSR count). The van der Waals surface area contributed by atoms with Crippen LogP contribution in [-0.4, -0.2) is 46.3 Å². The van der Waals surface area contributed by atoms with Crippen LogP contribution in [0, 0.1) is 0 Å². The zero-order chi connectivity index (χ0) is 20.7. The Morgan fingerprint density at radius 1 is 1.00 bits per heavy atom. The highest BCUT2D eigenvalue weighted by Crippen LogP contribution is 2.26. The van der Waals surface area contributed by atoms with Crippen molar-refractivity contribution in [2.45, 2.75) is 0 Å². The smallest absolute Gasteiger partial charge is 0.323 e. The van der Waals surface area contributed by atoms with Crippen LogP contribution in [0.4, 0.5) is 21.9 Å². The number of urea groups is 1. The molecule has 28 heavy (non-hydrogen) atoms. The van der Waals surface area contributed by atoms with Crippen molar-refractivity contribution in [3.8, 4) is 0 Å². The summed E-state index contributed by atoms with van der Waals surface area (Å²) in [5.41, 5.74) is 2.13. The lowest BCUT2D eigenvalue weighted by Crippen LogP contribution is -2.29. The maximum Gasteiger partial charge on any atom is 0.323 e. The summed E-state index contributed by atoms with van der Waals surface area (Å²) < 4.78 is 4.95. The van der Waals surface area contributed by atoms with E-state index in [4.69, 9.17) is 27.9 Å². The number of nitrogens with zero attached hydrogens (tertiary/aromatic N) is 1. The van der Waals surface area contributed by atoms with Crippen molar-refractivity contribution < 1.29 is 14.3 Å². The van der Waals surface area contributed by atoms with Crippen molar-refractivity contribution in [1.82, 2.24) is 5.32 Å². The van der Waals surface area contributed by atoms with Gasteiger partial charge in [-0.1, -0.05) is 23.2 Å². The van der Waals surface area contributed by atoms with Crippen LogP contribution < -0.4 is 20.9 Å². The van der Waals surface area contributed by atoms with Gasteiger partial charge >= 0.3 is 6.03 Å². The molecule has 0 atom stereocenters. The van der Waals surface area contributed by atoms with Gasteiger partial charge in [-0.2, -0.15) is 0 Å². The SMILES string of the molecule is COCCNC(=O)c1cc(NC(=O)Nc2ccc(Cl)c(Cl)c2)ccc1N(C)C. The van der Waals surface area contributed by atoms with Gasteiger partial charge in [0.1, 0.15) is 0 Å². The first-order valence-electron chi connectivity index (χ1n) is 8.43. The van der Waals surface area contributed by atoms with Crippen LogP contribution in [0.3, 0.4) is 0 Å². The maximum atomic E-state index is 12.5. The van der Waals surface area contributed by atoms with Gasteiger partial charge in [-0.3, -0.25) is 4.79 Å². The predicted octanol–water partition coefficient (Wildman–Crippen LogP) is 4.08. The molecule has 0 aliphatic heterocycles. The Balaban J connectivity index is 2.14. The molecule has 0 aliphatic carbocycles. The largest absolute Gasteiger partial charge is 0.383 e. The minimum absolute atomic E-state index is 0.255. The number of rotatable bonds is 7. The summed E-state index contributed by atoms with van der Waals surface area (Å²) in [6, 6.07) is 9.40. The quantitative estimate of drug-likeness (QED) is 0.584. The predicted molar refractivity (Wildman–Crippen MR) is 114 cm³/mol. The van der Waals surface area contributed by atoms with Crippen LogP contribution in [0.1, 0.15) is 10.4 Å². The van der Waals surface area contributed by atoms with E-state index in [9.17, 15) is 9.59 Å². The van der Waals surface area contributed by atoms with Gasteiger partial charge in [-0.05, 0) is 36.4 Å². The summed E-state index contributed by atoms with van der Waals surface area (Å²) in [4.78, 5) is 26.6. The number of anilines is 3. The number of carbonyl (C=O) groups is 2. The molecule has 0 saturated carbocycles. The number of halogens is 2. The second-order valence-electron chi connectivity index (χ2n) is 6.08. The third-order valence-corrected chi connectivity index (χ3v) is 4.49. The third-order valence-electron chi connectivity index (χ3n) is 3.75. The Morgan fingerprint density at radius 2 is 1.64 bits per heavy atom. The lowest BCUT2D eigenvalue weighted by atomic mass is 10.1. The van der Waals surface area contributed by atoms with Crippen molar-refractivity contribution >= 4 is 52.2 Å². The number of amides is 3. The molecule has 0 fully saturated rings. The van der Waals surface area contributed by atoms with Crippen molar-refractivity contribution in [1.29, 1.82) is 0 Å². The molecular formula is C19H22Cl2N4O3. The number of hydrogen-bond donors (Lipinski definition) is 3. The lowest BCUT2D eigenvalue weighted by Gasteiger charge is -2.18. The van der Waals surface area contributed by atoms with E-state index in [-0.39, 0.29) is 5.91 Å². The van der Waals surface area contributed by atoms with E-state index in [1.807, 2.05) is 19.0 Å². The Kier molecular flexibility index (Phi) is 7.92. The van der Waals surface area contributed by atoms with Gasteiger partial charge < -0.3 is 25.6 Å². The van der Waals surface area contributed by atoms with E-state index in [1.54, 1.807) is 43.5 Å². The summed E-state index contributed by atoms with van der Waals surface area (Å²) in [5, 5.41) is 8.89. The van der Waals surface area contributed by atoms with E-state index in [0.717, 1.165) is 5.69 Å². The number of hydrogen-bond acceptors (Lipinski definition) is 4. The molecule has 0 aromatic heterocycles. The number of benzene rings is 2. The molecule has 150 valence electrons. The average molecular weight is 425 g/mol. The molecule has 0 unspecified atom stereocenters. The van der Waals surface area contributed by atoms with Crippen LogP contribution in [0.15, 0.2) is 36.4 Å². The standard InChI is InChI=1S/C19H22Cl2N4O3/c1-25(2)17-7-5-12(10-14(17)18(26)22-8-9-28-3)23-19(27)24-13-4-6-15(20)16(21)11-13/h4-7,10-11H,8-9H2,1-3H3,(H,22,26)(H2,23,24,27). The Labute approximate surface area is 173 Å². The summed E-state index contributed by atoms with van der Waals surface area (Å²) in [7, 11) is 5.24. The summed E-state index contributed by atoms with van der Waals surface area (Å²) >= 11 is 11.8. The molecule has 0 radical (unpaired) electrons. The molecular weight excluding hydrogens is 403 g/mol. The molecule has 2 aromatic carbocycles. The van der Waals surface area contributed by atoms with Crippen molar-refractivity contribution in [3.05, 3.63) is 52.0 Å². The fourth-order valence-electron chi connectivity index (χ4n) is 2.41. The molecule has 7 nitrogen and oxygen atoms in total. The highest BCUT2D eigenvalue weighted by molar-refractivity contribution is 6.42. The Hall–Kier alpha value is -2.48. The van der Waals surface area contributed by atoms with Crippen molar-refractivity contribution in [3.63, 3.8) is 0 Å². The minimum Gasteiger partial charge on any atom is -0.383 e. The van der Waals surface area contributed by atoms with E-state index in [1.165, 1.54) is 0 Å². The number of methoxy groups -OCH3 is 1. The molecule has 0 spiro atoms. The van der Waals surface area contributed by atoms with Gasteiger partial charge in [0.25, 0.3) is 5.91 Å². The molecule has 0 bridgehead atoms. The highest BCUT2D eigenvalue weighted by Gasteiger charge is 2.15. The Morgan fingerprint density at radius 3 is 2.25 bits per heavy atom. The van der Waals surface area contributed by atoms with Crippen LogP contribution in [0.2, 0.25) is 10.0 Å². The van der Waals surface area contributed by atoms with Gasteiger partial charge in [0.05, 0.1) is 22.2 Å². The molecule has 2 aromatic rings. The minimum atomic E-state index is -0.471. The van der Waals surface area contributed by atoms with Crippen LogP contribution >= 0.6 is 23.2 Å². The van der Waals surface area contributed by atoms with Gasteiger partial charge in [-0.15, -0.1) is 0 Å². The first-order chi connectivity index (χ1) is 13.3. The fraction of sp³-hybridized carbons (Fsp3) is 0.263. The van der Waals surface area contributed by atoms with E-state index in [2.05, 4.69) is 16.0 Å². The molecule has 0 heterocycles. The van der Waals surface area contributed by atoms with Gasteiger partial charge in [0.2, 0.25) is 0 Å². The topological polar surface area (TPSA) is 82.7 Å². The Bertz CT molecular complexity index is 859. The lowest BCUT2D eigenvalue weighted by molar-refractivity contribution is 0.0937. The van der Waals surface area contributed by atoms with Crippen LogP contribution in [0.25, 0.3) is 0 Å². The van der Waals surface area contributed by atoms with Gasteiger partial charge in [0, 0.05) is 44.8 Å². The van der Waals surface area contributed by atoms with Crippen molar-refractivity contribution in [2.75, 3.05) is 49.9 Å². The zero-order valence-corrected chi connectivity index (χ0v) is 17.3. The molecule has 0 saturated heterocycles. The summed E-state index contributed by atoms with van der Waals surface area (Å²) in [6.07, 6.45) is 0. The fourth-order valence-corrected chi connectivity index (χ4v) is 2.71. The molecule has 3 amide bonds. The van der Waals surface area contributed by atoms with Crippen LogP contribution in [-0.2, 0) is 4.74 Å². The second-order valence-corrected chi connectivity index (χ2v) is 6.90. The first-order valence-corrected chi connectivity index (χ1v) is 9.19. The monoisotopic (exact) mass is 424 g/mol. The van der Waals surface area contributed by atoms with Gasteiger partial charge in [0.15, 0.2) is 0 Å². The first kappa shape index (κ1) is 21.8. The molecule has 9 heteroatoms. The van der Waals surface area contributed by atoms with E-state index >= 15 is 0 Å². The second kappa shape index (κ2) is 10.2. The number of carbonyl (C=O) groups excluding carboxylic acids is 2. The third kappa shape index (κ3) is 6.02. The van der Waals surface area contributed by atoms with Crippen molar-refractivity contribution in [2.24, 2.45) is 0 Å². The summed E-state index contributed by atoms with van der Waals surface area (Å²) in [6.45, 7) is 0.796. The number of ether oxygens (including phenoxy) is 1. The summed E-state index contributed by atoms with van der Waals surface area (Å²) in [5.74, 6) is -0.255. The number of nitrogens with one attached hydrogen (secondary N) is 3. The normalized spacial score (nSPS) is 10.3. The maximum absolute atomic E-state index is 12.5. The van der Waals surface area contributed by atoms with E-state index < -0.39 is 6.03 Å². The molecule has 3 N–H and O–H groups in total. The highest BCUT2D eigenvalue weighted by atomic mass is 35.5.